The molecular formula is C30H37N3O10S. The molecule has 13 nitrogen and oxygen atoms in total. The van der Waals surface area contributed by atoms with E-state index in [1.807, 2.05) is 30.3 Å². The van der Waals surface area contributed by atoms with Crippen LogP contribution in [0.15, 0.2) is 59.8 Å². The average Bonchev–Trinajstić information content (AvgIpc) is 3.03. The fourth-order valence-electron chi connectivity index (χ4n) is 4.73. The van der Waals surface area contributed by atoms with E-state index in [4.69, 9.17) is 9.47 Å². The van der Waals surface area contributed by atoms with Crippen LogP contribution in [-0.4, -0.2) is 100 Å². The van der Waals surface area contributed by atoms with Crippen LogP contribution < -0.4 is 10.6 Å². The van der Waals surface area contributed by atoms with Crippen molar-refractivity contribution < 1.29 is 44.0 Å². The van der Waals surface area contributed by atoms with Crippen LogP contribution >= 0.6 is 11.8 Å². The van der Waals surface area contributed by atoms with Crippen LogP contribution in [0.4, 0.5) is 0 Å². The highest BCUT2D eigenvalue weighted by Crippen LogP contribution is 2.34. The summed E-state index contributed by atoms with van der Waals surface area (Å²) in [5, 5.41) is 40.1. The molecule has 0 spiro atoms. The van der Waals surface area contributed by atoms with E-state index in [2.05, 4.69) is 15.8 Å². The van der Waals surface area contributed by atoms with E-state index in [-0.39, 0.29) is 6.61 Å². The van der Waals surface area contributed by atoms with Crippen LogP contribution in [0.1, 0.15) is 36.5 Å². The number of aliphatic hydroxyl groups is 3. The zero-order valence-electron chi connectivity index (χ0n) is 24.2. The number of nitrogens with one attached hydrogen (secondary N) is 2. The molecule has 1 fully saturated rings. The fraction of sp³-hybridized carbons (Fsp3) is 0.467. The molecule has 5 N–H and O–H groups in total. The average molecular weight is 632 g/mol. The molecular weight excluding hydrogens is 594 g/mol. The van der Waals surface area contributed by atoms with Crippen molar-refractivity contribution in [1.82, 2.24) is 10.6 Å². The number of nitrogens with zero attached hydrogens (tertiary/aromatic N) is 1. The lowest BCUT2D eigenvalue weighted by atomic mass is 9.88. The molecule has 2 aromatic carbocycles. The zero-order valence-corrected chi connectivity index (χ0v) is 25.0. The summed E-state index contributed by atoms with van der Waals surface area (Å²) in [7, 11) is 0. The molecule has 6 unspecified atom stereocenters. The van der Waals surface area contributed by atoms with Gasteiger partial charge in [-0.3, -0.25) is 14.4 Å². The van der Waals surface area contributed by atoms with Crippen LogP contribution in [0, 0.1) is 4.91 Å². The highest BCUT2D eigenvalue weighted by molar-refractivity contribution is 7.99. The summed E-state index contributed by atoms with van der Waals surface area (Å²) in [5.41, 5.74) is 2.17. The number of carbonyl (C=O) groups excluding carboxylic acids is 4. The molecule has 238 valence electrons. The van der Waals surface area contributed by atoms with Crippen LogP contribution in [0.25, 0.3) is 11.1 Å². The normalized spacial score (nSPS) is 22.8. The van der Waals surface area contributed by atoms with Crippen LogP contribution in [-0.2, 0) is 23.9 Å². The molecule has 2 aromatic rings. The Morgan fingerprint density at radius 2 is 1.80 bits per heavy atom. The second kappa shape index (κ2) is 17.1. The molecule has 14 heteroatoms. The lowest BCUT2D eigenvalue weighted by molar-refractivity contribution is -0.301. The number of ether oxygens (including phenoxy) is 2. The Bertz CT molecular complexity index is 1270. The number of benzene rings is 2. The highest BCUT2D eigenvalue weighted by atomic mass is 32.2. The topological polar surface area (TPSA) is 201 Å². The van der Waals surface area contributed by atoms with Gasteiger partial charge in [-0.1, -0.05) is 42.5 Å². The third-order valence-electron chi connectivity index (χ3n) is 6.96. The molecule has 1 heterocycles. The Balaban J connectivity index is 1.69. The Morgan fingerprint density at radius 1 is 1.11 bits per heavy atom. The summed E-state index contributed by atoms with van der Waals surface area (Å²) < 4.78 is 11.4. The van der Waals surface area contributed by atoms with Gasteiger partial charge in [-0.25, -0.2) is 0 Å². The summed E-state index contributed by atoms with van der Waals surface area (Å²) in [6, 6.07) is 15.0. The van der Waals surface area contributed by atoms with Crippen molar-refractivity contribution in [1.29, 1.82) is 0 Å². The molecule has 1 aliphatic rings. The van der Waals surface area contributed by atoms with Gasteiger partial charge in [-0.05, 0) is 41.2 Å². The van der Waals surface area contributed by atoms with Crippen LogP contribution in [0.3, 0.4) is 0 Å². The van der Waals surface area contributed by atoms with E-state index in [0.717, 1.165) is 24.3 Å². The van der Waals surface area contributed by atoms with E-state index < -0.39 is 66.9 Å². The summed E-state index contributed by atoms with van der Waals surface area (Å²) in [6.45, 7) is 0.598. The minimum absolute atomic E-state index is 0.0998. The van der Waals surface area contributed by atoms with E-state index in [1.54, 1.807) is 24.3 Å². The minimum Gasteiger partial charge on any atom is -0.391 e. The predicted molar refractivity (Wildman–Crippen MR) is 161 cm³/mol. The monoisotopic (exact) mass is 631 g/mol. The van der Waals surface area contributed by atoms with Crippen molar-refractivity contribution in [3.63, 3.8) is 0 Å². The largest absolute Gasteiger partial charge is 0.391 e. The molecule has 0 aliphatic carbocycles. The fourth-order valence-corrected chi connectivity index (χ4v) is 5.52. The van der Waals surface area contributed by atoms with Crippen LogP contribution in [0.5, 0.6) is 0 Å². The quantitative estimate of drug-likeness (QED) is 0.101. The zero-order chi connectivity index (χ0) is 32.1. The maximum Gasteiger partial charge on any atom is 0.345 e. The Hall–Kier alpha value is -3.53. The van der Waals surface area contributed by atoms with Crippen molar-refractivity contribution in [3.05, 3.63) is 65.1 Å². The second-order valence-electron chi connectivity index (χ2n) is 10.2. The first-order valence-electron chi connectivity index (χ1n) is 14.1. The molecule has 1 aliphatic heterocycles. The third kappa shape index (κ3) is 9.48. The van der Waals surface area contributed by atoms with Crippen molar-refractivity contribution in [3.8, 4) is 11.1 Å². The van der Waals surface area contributed by atoms with Gasteiger partial charge in [0.25, 0.3) is 11.7 Å². The Kier molecular flexibility index (Phi) is 13.6. The maximum atomic E-state index is 12.8. The SMILES string of the molecule is CC(=O)NC1C(O)CC(OCCCSCCC=O)(C(=O)N=O)OC1C(O)C(O)CNC(=O)c1ccc(-c2ccccc2)cc1. The number of aldehydes is 1. The lowest BCUT2D eigenvalue weighted by Gasteiger charge is -2.46. The number of aliphatic hydroxyl groups excluding tert-OH is 3. The Morgan fingerprint density at radius 3 is 2.43 bits per heavy atom. The van der Waals surface area contributed by atoms with E-state index in [0.29, 0.717) is 29.9 Å². The molecule has 0 bridgehead atoms. The number of carbonyl (C=O) groups is 4. The highest BCUT2D eigenvalue weighted by Gasteiger charge is 2.56. The number of nitroso groups, excluding NO2 is 1. The number of amides is 3. The van der Waals surface area contributed by atoms with Crippen molar-refractivity contribution in [2.75, 3.05) is 24.7 Å². The number of hydrogen-bond acceptors (Lipinski definition) is 11. The molecule has 6 atom stereocenters. The van der Waals surface area contributed by atoms with Gasteiger partial charge in [0.15, 0.2) is 0 Å². The number of rotatable bonds is 16. The molecule has 1 saturated heterocycles. The summed E-state index contributed by atoms with van der Waals surface area (Å²) in [4.78, 5) is 59.0. The number of hydrogen-bond donors (Lipinski definition) is 5. The molecule has 0 radical (unpaired) electrons. The van der Waals surface area contributed by atoms with Gasteiger partial charge < -0.3 is 40.2 Å². The van der Waals surface area contributed by atoms with Crippen molar-refractivity contribution in [2.24, 2.45) is 5.18 Å². The summed E-state index contributed by atoms with van der Waals surface area (Å²) in [6.07, 6.45) is -5.78. The standard InChI is InChI=1S/C30H37N3O10S/c1-19(35)32-25-23(36)17-30(29(40)33-41,42-14-6-16-44-15-5-13-34)43-27(25)26(38)24(37)18-31-28(39)22-11-9-21(10-12-22)20-7-3-2-4-8-20/h2-4,7-13,23-27,36-38H,5-6,14-18H2,1H3,(H,31,39)(H,32,35). The lowest BCUT2D eigenvalue weighted by Crippen LogP contribution is -2.68. The van der Waals surface area contributed by atoms with Gasteiger partial charge >= 0.3 is 5.91 Å². The first-order valence-corrected chi connectivity index (χ1v) is 15.2. The van der Waals surface area contributed by atoms with E-state index >= 15 is 0 Å². The molecule has 0 aromatic heterocycles. The van der Waals surface area contributed by atoms with Gasteiger partial charge in [-0.15, -0.1) is 4.91 Å². The van der Waals surface area contributed by atoms with Gasteiger partial charge in [0.2, 0.25) is 5.91 Å². The van der Waals surface area contributed by atoms with Crippen LogP contribution in [0.2, 0.25) is 0 Å². The summed E-state index contributed by atoms with van der Waals surface area (Å²) in [5.74, 6) is -3.77. The third-order valence-corrected chi connectivity index (χ3v) is 8.06. The first-order chi connectivity index (χ1) is 21.1. The molecule has 44 heavy (non-hydrogen) atoms. The maximum absolute atomic E-state index is 12.8. The first kappa shape index (κ1) is 35.0. The van der Waals surface area contributed by atoms with Crippen molar-refractivity contribution in [2.45, 2.75) is 62.4 Å². The minimum atomic E-state index is -2.39. The Labute approximate surface area is 258 Å². The van der Waals surface area contributed by atoms with Crippen molar-refractivity contribution >= 4 is 35.8 Å². The summed E-state index contributed by atoms with van der Waals surface area (Å²) >= 11 is 1.47. The second-order valence-corrected chi connectivity index (χ2v) is 11.4. The van der Waals surface area contributed by atoms with E-state index in [1.165, 1.54) is 11.8 Å². The number of thioether (sulfide) groups is 1. The molecule has 0 saturated carbocycles. The van der Waals surface area contributed by atoms with Gasteiger partial charge in [0.1, 0.15) is 18.5 Å². The van der Waals surface area contributed by atoms with Gasteiger partial charge in [-0.2, -0.15) is 11.8 Å². The smallest absolute Gasteiger partial charge is 0.345 e. The molecule has 3 amide bonds. The van der Waals surface area contributed by atoms with Gasteiger partial charge in [0.05, 0.1) is 24.9 Å². The molecule has 3 rings (SSSR count). The van der Waals surface area contributed by atoms with E-state index in [9.17, 15) is 39.4 Å². The predicted octanol–water partition coefficient (Wildman–Crippen LogP) is 1.18. The van der Waals surface area contributed by atoms with Gasteiger partial charge in [0, 0.05) is 37.1 Å².